The van der Waals surface area contributed by atoms with Crippen LogP contribution in [0.15, 0.2) is 36.7 Å². The number of hydrogen-bond donors (Lipinski definition) is 1. The molecule has 0 saturated heterocycles. The van der Waals surface area contributed by atoms with Crippen LogP contribution in [0.5, 0.6) is 5.75 Å². The van der Waals surface area contributed by atoms with Crippen LogP contribution in [0.25, 0.3) is 11.1 Å². The minimum Gasteiger partial charge on any atom is -0.506 e. The summed E-state index contributed by atoms with van der Waals surface area (Å²) in [5.41, 5.74) is 1.10. The Morgan fingerprint density at radius 3 is 2.73 bits per heavy atom. The van der Waals surface area contributed by atoms with E-state index in [1.54, 1.807) is 0 Å². The molecule has 0 radical (unpaired) electrons. The van der Waals surface area contributed by atoms with Crippen LogP contribution < -0.4 is 0 Å². The maximum Gasteiger partial charge on any atom is 0.134 e. The second-order valence-corrected chi connectivity index (χ2v) is 3.46. The molecule has 0 saturated carbocycles. The molecule has 1 heterocycles. The lowest BCUT2D eigenvalue weighted by molar-refractivity contribution is 0.473. The highest BCUT2D eigenvalue weighted by atomic mass is 35.5. The zero-order valence-electron chi connectivity index (χ0n) is 7.61. The normalized spacial score (nSPS) is 10.3. The van der Waals surface area contributed by atoms with Gasteiger partial charge in [-0.3, -0.25) is 4.98 Å². The largest absolute Gasteiger partial charge is 0.506 e. The van der Waals surface area contributed by atoms with Gasteiger partial charge in [0.2, 0.25) is 0 Å². The van der Waals surface area contributed by atoms with Crippen LogP contribution >= 0.6 is 11.6 Å². The first-order chi connectivity index (χ1) is 7.16. The van der Waals surface area contributed by atoms with Gasteiger partial charge in [0.15, 0.2) is 0 Å². The average molecular weight is 224 g/mol. The van der Waals surface area contributed by atoms with Gasteiger partial charge in [-0.2, -0.15) is 0 Å². The first-order valence-corrected chi connectivity index (χ1v) is 4.64. The Bertz CT molecular complexity index is 502. The Morgan fingerprint density at radius 2 is 2.00 bits per heavy atom. The predicted molar refractivity (Wildman–Crippen MR) is 56.3 cm³/mol. The van der Waals surface area contributed by atoms with E-state index in [2.05, 4.69) is 4.98 Å². The molecule has 0 aliphatic rings. The van der Waals surface area contributed by atoms with Crippen molar-refractivity contribution in [2.75, 3.05) is 0 Å². The smallest absolute Gasteiger partial charge is 0.134 e. The lowest BCUT2D eigenvalue weighted by atomic mass is 10.1. The standard InChI is InChI=1S/C11H7ClFNO/c12-11-2-1-8(13)4-10(11)7-3-9(15)6-14-5-7/h1-6,15H. The predicted octanol–water partition coefficient (Wildman–Crippen LogP) is 3.25. The number of pyridine rings is 1. The van der Waals surface area contributed by atoms with E-state index in [4.69, 9.17) is 11.6 Å². The third-order valence-electron chi connectivity index (χ3n) is 1.96. The number of halogens is 2. The summed E-state index contributed by atoms with van der Waals surface area (Å²) >= 11 is 5.91. The van der Waals surface area contributed by atoms with Crippen molar-refractivity contribution >= 4 is 11.6 Å². The molecule has 1 aromatic heterocycles. The molecule has 0 fully saturated rings. The summed E-state index contributed by atoms with van der Waals surface area (Å²) in [4.78, 5) is 3.80. The molecule has 76 valence electrons. The SMILES string of the molecule is Oc1cncc(-c2cc(F)ccc2Cl)c1. The number of nitrogens with zero attached hydrogens (tertiary/aromatic N) is 1. The number of benzene rings is 1. The highest BCUT2D eigenvalue weighted by molar-refractivity contribution is 6.33. The molecule has 0 spiro atoms. The monoisotopic (exact) mass is 223 g/mol. The maximum atomic E-state index is 13.0. The average Bonchev–Trinajstić information content (AvgIpc) is 2.22. The molecule has 15 heavy (non-hydrogen) atoms. The van der Waals surface area contributed by atoms with Crippen LogP contribution in [0, 0.1) is 5.82 Å². The molecule has 0 aliphatic heterocycles. The van der Waals surface area contributed by atoms with Crippen molar-refractivity contribution in [3.8, 4) is 16.9 Å². The van der Waals surface area contributed by atoms with Gasteiger partial charge in [0.25, 0.3) is 0 Å². The van der Waals surface area contributed by atoms with Crippen LogP contribution in [-0.4, -0.2) is 10.1 Å². The number of hydrogen-bond acceptors (Lipinski definition) is 2. The Labute approximate surface area is 91.0 Å². The molecule has 2 nitrogen and oxygen atoms in total. The summed E-state index contributed by atoms with van der Waals surface area (Å²) in [6.07, 6.45) is 2.82. The Hall–Kier alpha value is -1.61. The highest BCUT2D eigenvalue weighted by Gasteiger charge is 2.05. The quantitative estimate of drug-likeness (QED) is 0.805. The van der Waals surface area contributed by atoms with Crippen molar-refractivity contribution in [2.24, 2.45) is 0 Å². The molecule has 0 amide bonds. The lowest BCUT2D eigenvalue weighted by Gasteiger charge is -2.04. The fourth-order valence-electron chi connectivity index (χ4n) is 1.29. The minimum atomic E-state index is -0.377. The molecular weight excluding hydrogens is 217 g/mol. The summed E-state index contributed by atoms with van der Waals surface area (Å²) in [6.45, 7) is 0. The van der Waals surface area contributed by atoms with Gasteiger partial charge in [0, 0.05) is 22.3 Å². The first kappa shape index (κ1) is 9.93. The molecule has 2 aromatic rings. The summed E-state index contributed by atoms with van der Waals surface area (Å²) in [7, 11) is 0. The van der Waals surface area contributed by atoms with Crippen molar-refractivity contribution in [1.29, 1.82) is 0 Å². The van der Waals surface area contributed by atoms with E-state index < -0.39 is 0 Å². The number of aromatic nitrogens is 1. The van der Waals surface area contributed by atoms with E-state index in [-0.39, 0.29) is 11.6 Å². The first-order valence-electron chi connectivity index (χ1n) is 4.26. The number of aromatic hydroxyl groups is 1. The zero-order valence-corrected chi connectivity index (χ0v) is 8.37. The van der Waals surface area contributed by atoms with Crippen LogP contribution in [0.4, 0.5) is 4.39 Å². The van der Waals surface area contributed by atoms with Gasteiger partial charge < -0.3 is 5.11 Å². The third kappa shape index (κ3) is 2.07. The van der Waals surface area contributed by atoms with E-state index in [0.29, 0.717) is 16.1 Å². The Morgan fingerprint density at radius 1 is 1.20 bits per heavy atom. The van der Waals surface area contributed by atoms with Crippen LogP contribution in [0.3, 0.4) is 0 Å². The second kappa shape index (κ2) is 3.87. The van der Waals surface area contributed by atoms with Gasteiger partial charge in [0.05, 0.1) is 6.20 Å². The van der Waals surface area contributed by atoms with Crippen LogP contribution in [-0.2, 0) is 0 Å². The summed E-state index contributed by atoms with van der Waals surface area (Å²) in [5.74, 6) is -0.356. The van der Waals surface area contributed by atoms with Gasteiger partial charge in [-0.05, 0) is 24.3 Å². The fourth-order valence-corrected chi connectivity index (χ4v) is 1.52. The Kier molecular flexibility index (Phi) is 2.56. The van der Waals surface area contributed by atoms with E-state index in [1.807, 2.05) is 0 Å². The van der Waals surface area contributed by atoms with Crippen LogP contribution in [0.1, 0.15) is 0 Å². The van der Waals surface area contributed by atoms with Gasteiger partial charge in [-0.1, -0.05) is 11.6 Å². The van der Waals surface area contributed by atoms with Crippen molar-refractivity contribution < 1.29 is 9.50 Å². The molecule has 0 atom stereocenters. The minimum absolute atomic E-state index is 0.0211. The third-order valence-corrected chi connectivity index (χ3v) is 2.29. The second-order valence-electron chi connectivity index (χ2n) is 3.06. The topological polar surface area (TPSA) is 33.1 Å². The van der Waals surface area contributed by atoms with E-state index in [1.165, 1.54) is 36.7 Å². The van der Waals surface area contributed by atoms with Gasteiger partial charge in [-0.25, -0.2) is 4.39 Å². The van der Waals surface area contributed by atoms with Crippen molar-refractivity contribution in [2.45, 2.75) is 0 Å². The summed E-state index contributed by atoms with van der Waals surface area (Å²) < 4.78 is 13.0. The molecule has 0 bridgehead atoms. The van der Waals surface area contributed by atoms with Crippen molar-refractivity contribution in [3.05, 3.63) is 47.5 Å². The molecular formula is C11H7ClFNO. The molecule has 1 N–H and O–H groups in total. The summed E-state index contributed by atoms with van der Waals surface area (Å²) in [6, 6.07) is 5.53. The molecule has 0 unspecified atom stereocenters. The van der Waals surface area contributed by atoms with E-state index in [0.717, 1.165) is 0 Å². The van der Waals surface area contributed by atoms with Crippen LogP contribution in [0.2, 0.25) is 5.02 Å². The van der Waals surface area contributed by atoms with E-state index >= 15 is 0 Å². The van der Waals surface area contributed by atoms with Gasteiger partial charge in [0.1, 0.15) is 11.6 Å². The zero-order chi connectivity index (χ0) is 10.8. The highest BCUT2D eigenvalue weighted by Crippen LogP contribution is 2.29. The van der Waals surface area contributed by atoms with Gasteiger partial charge >= 0.3 is 0 Å². The summed E-state index contributed by atoms with van der Waals surface area (Å²) in [5, 5.41) is 9.66. The number of rotatable bonds is 1. The van der Waals surface area contributed by atoms with E-state index in [9.17, 15) is 9.50 Å². The Balaban J connectivity index is 2.58. The fraction of sp³-hybridized carbons (Fsp3) is 0. The van der Waals surface area contributed by atoms with Crippen molar-refractivity contribution in [1.82, 2.24) is 4.98 Å². The molecule has 2 rings (SSSR count). The maximum absolute atomic E-state index is 13.0. The van der Waals surface area contributed by atoms with Gasteiger partial charge in [-0.15, -0.1) is 0 Å². The molecule has 1 aromatic carbocycles. The molecule has 0 aliphatic carbocycles. The lowest BCUT2D eigenvalue weighted by Crippen LogP contribution is -1.83. The molecule has 4 heteroatoms. The van der Waals surface area contributed by atoms with Crippen molar-refractivity contribution in [3.63, 3.8) is 0 Å².